The van der Waals surface area contributed by atoms with Crippen molar-refractivity contribution in [2.75, 3.05) is 0 Å². The maximum atomic E-state index is 4.48. The lowest BCUT2D eigenvalue weighted by molar-refractivity contribution is 1.20. The topological polar surface area (TPSA) is 0 Å². The molecule has 1 radical (unpaired) electrons. The number of hydrogen-bond donors (Lipinski definition) is 2. The van der Waals surface area contributed by atoms with Gasteiger partial charge in [-0.15, -0.1) is 25.3 Å². The first-order valence-corrected chi connectivity index (χ1v) is 8.15. The van der Waals surface area contributed by atoms with Crippen LogP contribution in [0.2, 0.25) is 0 Å². The molecule has 0 aromatic heterocycles. The first-order valence-electron chi connectivity index (χ1n) is 5.63. The molecule has 2 aromatic rings. The Bertz CT molecular complexity index is 452. The second kappa shape index (κ2) is 6.33. The van der Waals surface area contributed by atoms with E-state index in [4.69, 9.17) is 0 Å². The number of benzene rings is 2. The summed E-state index contributed by atoms with van der Waals surface area (Å²) in [5, 5.41) is 0. The van der Waals surface area contributed by atoms with Gasteiger partial charge in [-0.3, -0.25) is 0 Å². The van der Waals surface area contributed by atoms with Crippen molar-refractivity contribution in [1.82, 2.24) is 0 Å². The highest BCUT2D eigenvalue weighted by molar-refractivity contribution is 7.80. The third-order valence-corrected chi connectivity index (χ3v) is 5.04. The van der Waals surface area contributed by atoms with Crippen molar-refractivity contribution in [2.24, 2.45) is 0 Å². The van der Waals surface area contributed by atoms with Gasteiger partial charge in [-0.25, -0.2) is 0 Å². The van der Waals surface area contributed by atoms with E-state index in [1.807, 2.05) is 12.1 Å². The molecule has 2 aromatic carbocycles. The molecule has 0 atom stereocenters. The second-order valence-corrected chi connectivity index (χ2v) is 6.31. The average molecular weight is 275 g/mol. The number of hydrogen-bond acceptors (Lipinski definition) is 2. The minimum Gasteiger partial charge on any atom is -0.143 e. The average Bonchev–Trinajstić information content (AvgIpc) is 2.34. The van der Waals surface area contributed by atoms with Crippen LogP contribution < -0.4 is 0 Å². The molecule has 0 saturated carbocycles. The largest absolute Gasteiger partial charge is 0.143 e. The van der Waals surface area contributed by atoms with E-state index in [1.54, 1.807) is 0 Å². The van der Waals surface area contributed by atoms with Crippen LogP contribution in [0.5, 0.6) is 0 Å². The normalized spacial score (nSPS) is 10.5. The quantitative estimate of drug-likeness (QED) is 0.620. The molecule has 3 heteroatoms. The summed E-state index contributed by atoms with van der Waals surface area (Å²) >= 11 is 8.95. The van der Waals surface area contributed by atoms with E-state index in [2.05, 4.69) is 61.7 Å². The highest BCUT2D eigenvalue weighted by Crippen LogP contribution is 2.15. The van der Waals surface area contributed by atoms with Crippen molar-refractivity contribution in [1.29, 1.82) is 0 Å². The molecule has 0 nitrogen and oxygen atoms in total. The maximum absolute atomic E-state index is 4.48. The molecule has 0 fully saturated rings. The zero-order chi connectivity index (χ0) is 12.1. The van der Waals surface area contributed by atoms with Crippen LogP contribution in [0, 0.1) is 0 Å². The Kier molecular flexibility index (Phi) is 4.77. The van der Waals surface area contributed by atoms with Crippen molar-refractivity contribution < 1.29 is 0 Å². The van der Waals surface area contributed by atoms with Gasteiger partial charge in [0.1, 0.15) is 0 Å². The fourth-order valence-corrected chi connectivity index (χ4v) is 4.08. The molecule has 0 saturated heterocycles. The van der Waals surface area contributed by atoms with Gasteiger partial charge in [0.15, 0.2) is 0 Å². The lowest BCUT2D eigenvalue weighted by Gasteiger charge is -2.06. The lowest BCUT2D eigenvalue weighted by atomic mass is 10.2. The van der Waals surface area contributed by atoms with Crippen LogP contribution in [0.15, 0.2) is 58.3 Å². The first-order chi connectivity index (χ1) is 8.27. The van der Waals surface area contributed by atoms with Gasteiger partial charge < -0.3 is 0 Å². The van der Waals surface area contributed by atoms with Crippen molar-refractivity contribution >= 4 is 34.8 Å². The van der Waals surface area contributed by atoms with Gasteiger partial charge >= 0.3 is 0 Å². The Hall–Kier alpha value is -0.643. The van der Waals surface area contributed by atoms with Gasteiger partial charge in [-0.05, 0) is 35.3 Å². The van der Waals surface area contributed by atoms with E-state index < -0.39 is 0 Å². The summed E-state index contributed by atoms with van der Waals surface area (Å²) in [6.07, 6.45) is 0. The molecule has 0 unspecified atom stereocenters. The fraction of sp³-hybridized carbons (Fsp3) is 0.143. The van der Waals surface area contributed by atoms with E-state index in [1.165, 1.54) is 11.1 Å². The third kappa shape index (κ3) is 3.66. The Morgan fingerprint density at radius 3 is 1.53 bits per heavy atom. The zero-order valence-electron chi connectivity index (χ0n) is 9.50. The van der Waals surface area contributed by atoms with Crippen LogP contribution >= 0.6 is 25.3 Å². The van der Waals surface area contributed by atoms with E-state index in [0.29, 0.717) is 9.52 Å². The van der Waals surface area contributed by atoms with Crippen molar-refractivity contribution in [3.8, 4) is 0 Å². The van der Waals surface area contributed by atoms with Gasteiger partial charge in [0.25, 0.3) is 0 Å². The van der Waals surface area contributed by atoms with E-state index in [9.17, 15) is 0 Å². The van der Waals surface area contributed by atoms with Crippen molar-refractivity contribution in [2.45, 2.75) is 21.9 Å². The van der Waals surface area contributed by atoms with E-state index >= 15 is 0 Å². The van der Waals surface area contributed by atoms with Crippen LogP contribution in [0.1, 0.15) is 11.1 Å². The summed E-state index contributed by atoms with van der Waals surface area (Å²) in [5.74, 6) is 0. The molecule has 2 rings (SSSR count). The molecule has 0 amide bonds. The monoisotopic (exact) mass is 275 g/mol. The lowest BCUT2D eigenvalue weighted by Crippen LogP contribution is -2.03. The highest BCUT2D eigenvalue weighted by atomic mass is 32.1. The van der Waals surface area contributed by atoms with Crippen LogP contribution in [-0.4, -0.2) is 9.52 Å². The summed E-state index contributed by atoms with van der Waals surface area (Å²) in [7, 11) is 0.378. The molecule has 0 aliphatic carbocycles. The smallest absolute Gasteiger partial charge is 0.0380 e. The summed E-state index contributed by atoms with van der Waals surface area (Å²) < 4.78 is 0. The summed E-state index contributed by atoms with van der Waals surface area (Å²) in [6.45, 7) is 0. The zero-order valence-corrected chi connectivity index (χ0v) is 12.4. The van der Waals surface area contributed by atoms with Gasteiger partial charge in [0.05, 0.1) is 0 Å². The Balaban J connectivity index is 1.93. The van der Waals surface area contributed by atoms with Crippen molar-refractivity contribution in [3.63, 3.8) is 0 Å². The minimum atomic E-state index is 0.378. The van der Waals surface area contributed by atoms with E-state index in [-0.39, 0.29) is 0 Å². The molecule has 0 N–H and O–H groups in total. The standard InChI is InChI=1S/C14H15S2Si/c15-13-7-3-1-5-11(13)9-17-10-12-6-2-4-8-14(12)16/h1-8,15-17H,9-10H2. The Labute approximate surface area is 116 Å². The molecule has 0 aliphatic heterocycles. The molecule has 0 spiro atoms. The summed E-state index contributed by atoms with van der Waals surface area (Å²) in [4.78, 5) is 2.22. The number of rotatable bonds is 4. The SMILES string of the molecule is Sc1ccccc1C[SiH]Cc1ccccc1S. The second-order valence-electron chi connectivity index (χ2n) is 3.95. The van der Waals surface area contributed by atoms with Gasteiger partial charge in [-0.1, -0.05) is 36.4 Å². The predicted octanol–water partition coefficient (Wildman–Crippen LogP) is 3.40. The molecular formula is C14H15S2Si. The third-order valence-electron chi connectivity index (χ3n) is 2.71. The molecule has 87 valence electrons. The van der Waals surface area contributed by atoms with Crippen molar-refractivity contribution in [3.05, 3.63) is 59.7 Å². The van der Waals surface area contributed by atoms with Crippen LogP contribution in [0.3, 0.4) is 0 Å². The minimum absolute atomic E-state index is 0.378. The van der Waals surface area contributed by atoms with E-state index in [0.717, 1.165) is 21.9 Å². The fourth-order valence-electron chi connectivity index (χ4n) is 1.75. The van der Waals surface area contributed by atoms with Gasteiger partial charge in [0.2, 0.25) is 0 Å². The molecule has 0 bridgehead atoms. The maximum Gasteiger partial charge on any atom is 0.0380 e. The van der Waals surface area contributed by atoms with Crippen LogP contribution in [0.4, 0.5) is 0 Å². The summed E-state index contributed by atoms with van der Waals surface area (Å²) in [5.41, 5.74) is 2.73. The molecular weight excluding hydrogens is 260 g/mol. The summed E-state index contributed by atoms with van der Waals surface area (Å²) in [6, 6.07) is 19.0. The Morgan fingerprint density at radius 1 is 0.706 bits per heavy atom. The van der Waals surface area contributed by atoms with Crippen LogP contribution in [-0.2, 0) is 12.1 Å². The van der Waals surface area contributed by atoms with Gasteiger partial charge in [-0.2, -0.15) is 0 Å². The first kappa shape index (κ1) is 12.8. The highest BCUT2D eigenvalue weighted by Gasteiger charge is 2.01. The number of thiol groups is 2. The predicted molar refractivity (Wildman–Crippen MR) is 81.9 cm³/mol. The molecule has 0 heterocycles. The van der Waals surface area contributed by atoms with Gasteiger partial charge in [0, 0.05) is 19.3 Å². The molecule has 17 heavy (non-hydrogen) atoms. The molecule has 0 aliphatic rings. The van der Waals surface area contributed by atoms with Crippen LogP contribution in [0.25, 0.3) is 0 Å². The Morgan fingerprint density at radius 2 is 1.12 bits per heavy atom.